The zero-order valence-electron chi connectivity index (χ0n) is 25.3. The molecule has 232 valence electrons. The Balaban J connectivity index is 1.90. The maximum Gasteiger partial charge on any atom is 0.243 e. The number of anilines is 1. The normalized spacial score (nSPS) is 12.7. The van der Waals surface area contributed by atoms with Gasteiger partial charge in [0.1, 0.15) is 17.6 Å². The van der Waals surface area contributed by atoms with Crippen LogP contribution in [0.1, 0.15) is 51.2 Å². The number of benzene rings is 3. The monoisotopic (exact) mass is 611 g/mol. The van der Waals surface area contributed by atoms with Crippen molar-refractivity contribution in [1.82, 2.24) is 10.2 Å². The lowest BCUT2D eigenvalue weighted by molar-refractivity contribution is -0.141. The average molecular weight is 612 g/mol. The molecule has 0 saturated carbocycles. The van der Waals surface area contributed by atoms with E-state index in [1.807, 2.05) is 51.1 Å². The van der Waals surface area contributed by atoms with Crippen molar-refractivity contribution in [1.29, 1.82) is 0 Å². The highest BCUT2D eigenvalue weighted by atomic mass is 32.2. The predicted molar refractivity (Wildman–Crippen MR) is 168 cm³/mol. The molecule has 8 nitrogen and oxygen atoms in total. The minimum Gasteiger partial charge on any atom is -0.492 e. The van der Waals surface area contributed by atoms with Crippen LogP contribution in [0.25, 0.3) is 0 Å². The van der Waals surface area contributed by atoms with Crippen LogP contribution in [0.5, 0.6) is 5.75 Å². The Hall–Kier alpha value is -3.92. The first kappa shape index (κ1) is 33.6. The van der Waals surface area contributed by atoms with Crippen LogP contribution in [0.4, 0.5) is 10.1 Å². The lowest BCUT2D eigenvalue weighted by atomic mass is 10.0. The molecule has 2 atom stereocenters. The van der Waals surface area contributed by atoms with Crippen molar-refractivity contribution < 1.29 is 27.1 Å². The van der Waals surface area contributed by atoms with Crippen LogP contribution in [0.2, 0.25) is 0 Å². The van der Waals surface area contributed by atoms with Gasteiger partial charge in [0.15, 0.2) is 0 Å². The molecule has 0 heterocycles. The summed E-state index contributed by atoms with van der Waals surface area (Å²) in [4.78, 5) is 29.1. The van der Waals surface area contributed by atoms with Crippen molar-refractivity contribution in [2.24, 2.45) is 0 Å². The molecule has 2 amide bonds. The van der Waals surface area contributed by atoms with Gasteiger partial charge in [-0.25, -0.2) is 12.8 Å². The van der Waals surface area contributed by atoms with Gasteiger partial charge in [-0.3, -0.25) is 13.9 Å². The van der Waals surface area contributed by atoms with Crippen LogP contribution in [0.3, 0.4) is 0 Å². The first-order valence-electron chi connectivity index (χ1n) is 14.6. The number of nitrogens with one attached hydrogen (secondary N) is 1. The number of ether oxygens (including phenoxy) is 1. The molecule has 0 aliphatic carbocycles. The smallest absolute Gasteiger partial charge is 0.243 e. The molecule has 0 radical (unpaired) electrons. The fourth-order valence-corrected chi connectivity index (χ4v) is 5.67. The Morgan fingerprint density at radius 3 is 2.21 bits per heavy atom. The molecule has 0 bridgehead atoms. The van der Waals surface area contributed by atoms with E-state index in [1.54, 1.807) is 36.4 Å². The fourth-order valence-electron chi connectivity index (χ4n) is 4.70. The summed E-state index contributed by atoms with van der Waals surface area (Å²) in [5.41, 5.74) is 1.96. The first-order valence-corrected chi connectivity index (χ1v) is 16.5. The zero-order chi connectivity index (χ0) is 31.4. The molecule has 0 aliphatic heterocycles. The second-order valence-corrected chi connectivity index (χ2v) is 12.4. The Bertz CT molecular complexity index is 1430. The SMILES string of the molecule is CCOc1ccccc1N(CCCC(=O)N(Cc1ccc(F)cc1)[C@@H](Cc1ccccc1)C(=O)N[C@H](C)CC)S(C)(=O)=O. The van der Waals surface area contributed by atoms with E-state index in [2.05, 4.69) is 5.32 Å². The second kappa shape index (κ2) is 16.1. The quantitative estimate of drug-likeness (QED) is 0.236. The number of hydrogen-bond donors (Lipinski definition) is 1. The molecule has 0 aliphatic rings. The van der Waals surface area contributed by atoms with Gasteiger partial charge in [-0.2, -0.15) is 0 Å². The summed E-state index contributed by atoms with van der Waals surface area (Å²) in [5.74, 6) is -0.553. The highest BCUT2D eigenvalue weighted by Gasteiger charge is 2.31. The maximum absolute atomic E-state index is 13.9. The summed E-state index contributed by atoms with van der Waals surface area (Å²) in [6.45, 7) is 6.19. The van der Waals surface area contributed by atoms with Gasteiger partial charge in [-0.15, -0.1) is 0 Å². The van der Waals surface area contributed by atoms with E-state index in [9.17, 15) is 22.4 Å². The lowest BCUT2D eigenvalue weighted by Crippen LogP contribution is -2.52. The molecule has 3 aromatic carbocycles. The third kappa shape index (κ3) is 10.1. The van der Waals surface area contributed by atoms with Crippen LogP contribution >= 0.6 is 0 Å². The Labute approximate surface area is 254 Å². The van der Waals surface area contributed by atoms with Gasteiger partial charge in [0.05, 0.1) is 18.6 Å². The van der Waals surface area contributed by atoms with Crippen molar-refractivity contribution in [3.8, 4) is 5.75 Å². The molecule has 3 rings (SSSR count). The third-order valence-corrected chi connectivity index (χ3v) is 8.30. The van der Waals surface area contributed by atoms with Crippen molar-refractivity contribution in [3.63, 3.8) is 0 Å². The van der Waals surface area contributed by atoms with Gasteiger partial charge in [0.25, 0.3) is 0 Å². The van der Waals surface area contributed by atoms with Crippen molar-refractivity contribution in [2.75, 3.05) is 23.7 Å². The second-order valence-electron chi connectivity index (χ2n) is 10.5. The van der Waals surface area contributed by atoms with Crippen LogP contribution < -0.4 is 14.4 Å². The molecule has 0 spiro atoms. The summed E-state index contributed by atoms with van der Waals surface area (Å²) in [6.07, 6.45) is 2.32. The lowest BCUT2D eigenvalue weighted by Gasteiger charge is -2.33. The summed E-state index contributed by atoms with van der Waals surface area (Å²) < 4.78 is 46.2. The highest BCUT2D eigenvalue weighted by Crippen LogP contribution is 2.30. The largest absolute Gasteiger partial charge is 0.492 e. The Morgan fingerprint density at radius 1 is 0.930 bits per heavy atom. The molecule has 0 fully saturated rings. The van der Waals surface area contributed by atoms with E-state index >= 15 is 0 Å². The van der Waals surface area contributed by atoms with E-state index in [4.69, 9.17) is 4.74 Å². The zero-order valence-corrected chi connectivity index (χ0v) is 26.1. The van der Waals surface area contributed by atoms with Crippen molar-refractivity contribution in [3.05, 3.63) is 95.8 Å². The van der Waals surface area contributed by atoms with E-state index in [-0.39, 0.29) is 50.2 Å². The standard InChI is InChI=1S/C33H42FN3O5S/c1-5-25(3)35-33(39)30(23-26-13-8-7-9-14-26)36(24-27-18-20-28(34)21-19-27)32(38)17-12-22-37(43(4,40)41)29-15-10-11-16-31(29)42-6-2/h7-11,13-16,18-21,25,30H,5-6,12,17,22-24H2,1-4H3,(H,35,39)/t25-,30+/m1/s1. The molecule has 3 aromatic rings. The van der Waals surface area contributed by atoms with Gasteiger partial charge in [-0.05, 0) is 62.1 Å². The molecular formula is C33H42FN3O5S. The summed E-state index contributed by atoms with van der Waals surface area (Å²) in [6, 6.07) is 21.2. The average Bonchev–Trinajstić information content (AvgIpc) is 2.98. The molecule has 1 N–H and O–H groups in total. The Morgan fingerprint density at radius 2 is 1.58 bits per heavy atom. The molecule has 0 unspecified atom stereocenters. The van der Waals surface area contributed by atoms with Gasteiger partial charge >= 0.3 is 0 Å². The molecular weight excluding hydrogens is 569 g/mol. The van der Waals surface area contributed by atoms with Crippen LogP contribution in [0, 0.1) is 5.82 Å². The fraction of sp³-hybridized carbons (Fsp3) is 0.394. The van der Waals surface area contributed by atoms with E-state index in [1.165, 1.54) is 21.3 Å². The Kier molecular flexibility index (Phi) is 12.5. The molecule has 43 heavy (non-hydrogen) atoms. The minimum atomic E-state index is -3.69. The van der Waals surface area contributed by atoms with Gasteiger partial charge in [0.2, 0.25) is 21.8 Å². The van der Waals surface area contributed by atoms with E-state index < -0.39 is 21.9 Å². The summed E-state index contributed by atoms with van der Waals surface area (Å²) in [7, 11) is -3.69. The maximum atomic E-state index is 13.9. The van der Waals surface area contributed by atoms with Crippen LogP contribution in [-0.4, -0.2) is 56.6 Å². The van der Waals surface area contributed by atoms with E-state index in [0.29, 0.717) is 23.6 Å². The minimum absolute atomic E-state index is 0.00802. The number of para-hydroxylation sites is 2. The van der Waals surface area contributed by atoms with Crippen molar-refractivity contribution in [2.45, 2.75) is 65.1 Å². The van der Waals surface area contributed by atoms with Crippen LogP contribution in [-0.2, 0) is 32.6 Å². The number of amides is 2. The summed E-state index contributed by atoms with van der Waals surface area (Å²) in [5, 5.41) is 3.02. The number of carbonyl (C=O) groups excluding carboxylic acids is 2. The highest BCUT2D eigenvalue weighted by molar-refractivity contribution is 7.92. The van der Waals surface area contributed by atoms with Crippen LogP contribution in [0.15, 0.2) is 78.9 Å². The number of hydrogen-bond acceptors (Lipinski definition) is 5. The predicted octanol–water partition coefficient (Wildman–Crippen LogP) is 5.33. The van der Waals surface area contributed by atoms with Gasteiger partial charge < -0.3 is 15.0 Å². The van der Waals surface area contributed by atoms with Gasteiger partial charge in [-0.1, -0.05) is 61.5 Å². The van der Waals surface area contributed by atoms with Crippen molar-refractivity contribution >= 4 is 27.5 Å². The first-order chi connectivity index (χ1) is 20.5. The molecule has 10 heteroatoms. The third-order valence-electron chi connectivity index (χ3n) is 7.12. The van der Waals surface area contributed by atoms with Gasteiger partial charge in [0, 0.05) is 32.0 Å². The number of rotatable bonds is 16. The molecule has 0 saturated heterocycles. The summed E-state index contributed by atoms with van der Waals surface area (Å²) >= 11 is 0. The van der Waals surface area contributed by atoms with E-state index in [0.717, 1.165) is 18.2 Å². The topological polar surface area (TPSA) is 96.0 Å². The number of halogens is 1. The molecule has 0 aromatic heterocycles. The number of carbonyl (C=O) groups is 2. The number of sulfonamides is 1. The number of nitrogens with zero attached hydrogens (tertiary/aromatic N) is 2.